The lowest BCUT2D eigenvalue weighted by Crippen LogP contribution is -2.53. The van der Waals surface area contributed by atoms with Gasteiger partial charge in [-0.1, -0.05) is 44.9 Å². The van der Waals surface area contributed by atoms with Crippen molar-refractivity contribution in [1.29, 1.82) is 0 Å². The van der Waals surface area contributed by atoms with Crippen LogP contribution in [0.2, 0.25) is 0 Å². The van der Waals surface area contributed by atoms with Crippen LogP contribution in [0, 0.1) is 12.8 Å². The molecule has 1 aromatic rings. The number of aryl methyl sites for hydroxylation is 1. The maximum atomic E-state index is 12.7. The Morgan fingerprint density at radius 3 is 2.52 bits per heavy atom. The summed E-state index contributed by atoms with van der Waals surface area (Å²) in [5, 5.41) is 15.9. The number of amides is 2. The molecule has 1 saturated carbocycles. The van der Waals surface area contributed by atoms with Crippen molar-refractivity contribution in [2.24, 2.45) is 5.92 Å². The molecule has 25 heavy (non-hydrogen) atoms. The first-order valence-corrected chi connectivity index (χ1v) is 9.23. The van der Waals surface area contributed by atoms with Crippen LogP contribution >= 0.6 is 0 Å². The molecule has 1 aliphatic carbocycles. The minimum Gasteiger partial charge on any atom is -0.391 e. The van der Waals surface area contributed by atoms with Crippen LogP contribution in [0.4, 0.5) is 0 Å². The van der Waals surface area contributed by atoms with Crippen molar-refractivity contribution in [3.63, 3.8) is 0 Å². The first kappa shape index (κ1) is 19.4. The van der Waals surface area contributed by atoms with E-state index in [1.807, 2.05) is 39.0 Å². The Morgan fingerprint density at radius 2 is 1.88 bits per heavy atom. The van der Waals surface area contributed by atoms with Crippen LogP contribution in [0.5, 0.6) is 0 Å². The molecule has 0 heterocycles. The smallest absolute Gasteiger partial charge is 0.252 e. The predicted octanol–water partition coefficient (Wildman–Crippen LogP) is 2.56. The summed E-state index contributed by atoms with van der Waals surface area (Å²) < 4.78 is 0. The van der Waals surface area contributed by atoms with Gasteiger partial charge < -0.3 is 15.7 Å². The molecule has 138 valence electrons. The van der Waals surface area contributed by atoms with Gasteiger partial charge >= 0.3 is 0 Å². The molecule has 2 amide bonds. The van der Waals surface area contributed by atoms with E-state index < -0.39 is 12.1 Å². The fourth-order valence-corrected chi connectivity index (χ4v) is 3.33. The summed E-state index contributed by atoms with van der Waals surface area (Å²) in [5.41, 5.74) is 1.47. The Balaban J connectivity index is 2.05. The van der Waals surface area contributed by atoms with Crippen LogP contribution < -0.4 is 10.6 Å². The van der Waals surface area contributed by atoms with E-state index in [9.17, 15) is 14.7 Å². The number of rotatable bonds is 6. The largest absolute Gasteiger partial charge is 0.391 e. The van der Waals surface area contributed by atoms with Gasteiger partial charge in [-0.05, 0) is 43.7 Å². The van der Waals surface area contributed by atoms with Crippen molar-refractivity contribution in [2.45, 2.75) is 71.1 Å². The topological polar surface area (TPSA) is 78.4 Å². The van der Waals surface area contributed by atoms with E-state index in [2.05, 4.69) is 10.6 Å². The standard InChI is InChI=1S/C20H30N2O3/c1-13(2)12-17(20(25)21-16-10-6-7-11-18(16)23)22-19(24)15-9-5-4-8-14(15)3/h4-5,8-9,13,16-18,23H,6-7,10-12H2,1-3H3,(H,21,25)(H,22,24). The van der Waals surface area contributed by atoms with Gasteiger partial charge in [-0.2, -0.15) is 0 Å². The molecule has 1 aromatic carbocycles. The van der Waals surface area contributed by atoms with Crippen molar-refractivity contribution < 1.29 is 14.7 Å². The number of carbonyl (C=O) groups is 2. The maximum Gasteiger partial charge on any atom is 0.252 e. The molecule has 5 heteroatoms. The van der Waals surface area contributed by atoms with Crippen LogP contribution in [0.15, 0.2) is 24.3 Å². The van der Waals surface area contributed by atoms with Gasteiger partial charge in [0.25, 0.3) is 5.91 Å². The minimum atomic E-state index is -0.596. The minimum absolute atomic E-state index is 0.207. The van der Waals surface area contributed by atoms with Gasteiger partial charge in [0.15, 0.2) is 0 Å². The highest BCUT2D eigenvalue weighted by molar-refractivity contribution is 5.98. The number of aliphatic hydroxyl groups is 1. The second-order valence-electron chi connectivity index (χ2n) is 7.44. The predicted molar refractivity (Wildman–Crippen MR) is 98.3 cm³/mol. The third-order valence-electron chi connectivity index (χ3n) is 4.78. The van der Waals surface area contributed by atoms with Crippen LogP contribution in [0.25, 0.3) is 0 Å². The highest BCUT2D eigenvalue weighted by Gasteiger charge is 2.29. The lowest BCUT2D eigenvalue weighted by Gasteiger charge is -2.30. The zero-order valence-electron chi connectivity index (χ0n) is 15.4. The summed E-state index contributed by atoms with van der Waals surface area (Å²) in [6.07, 6.45) is 3.57. The fourth-order valence-electron chi connectivity index (χ4n) is 3.33. The fraction of sp³-hybridized carbons (Fsp3) is 0.600. The number of carbonyl (C=O) groups excluding carboxylic acids is 2. The van der Waals surface area contributed by atoms with Crippen LogP contribution in [0.1, 0.15) is 61.9 Å². The number of aliphatic hydroxyl groups excluding tert-OH is 1. The Labute approximate surface area is 150 Å². The highest BCUT2D eigenvalue weighted by Crippen LogP contribution is 2.19. The monoisotopic (exact) mass is 346 g/mol. The van der Waals surface area contributed by atoms with Crippen LogP contribution in [-0.2, 0) is 4.79 Å². The van der Waals surface area contributed by atoms with Crippen molar-refractivity contribution in [3.05, 3.63) is 35.4 Å². The summed E-state index contributed by atoms with van der Waals surface area (Å²) in [6.45, 7) is 5.93. The molecule has 0 saturated heterocycles. The van der Waals surface area contributed by atoms with E-state index in [-0.39, 0.29) is 23.8 Å². The zero-order chi connectivity index (χ0) is 18.4. The molecule has 2 rings (SSSR count). The van der Waals surface area contributed by atoms with Crippen molar-refractivity contribution in [2.75, 3.05) is 0 Å². The second kappa shape index (κ2) is 8.99. The molecule has 1 fully saturated rings. The summed E-state index contributed by atoms with van der Waals surface area (Å²) >= 11 is 0. The third kappa shape index (κ3) is 5.56. The van der Waals surface area contributed by atoms with Gasteiger partial charge in [0.1, 0.15) is 6.04 Å². The molecule has 0 radical (unpaired) electrons. The molecular formula is C20H30N2O3. The molecule has 3 N–H and O–H groups in total. The average molecular weight is 346 g/mol. The van der Waals surface area contributed by atoms with Crippen molar-refractivity contribution in [1.82, 2.24) is 10.6 Å². The summed E-state index contributed by atoms with van der Waals surface area (Å²) in [7, 11) is 0. The van der Waals surface area contributed by atoms with Gasteiger partial charge in [0, 0.05) is 5.56 Å². The van der Waals surface area contributed by atoms with Gasteiger partial charge in [0.2, 0.25) is 5.91 Å². The van der Waals surface area contributed by atoms with Crippen molar-refractivity contribution in [3.8, 4) is 0 Å². The molecule has 1 aliphatic rings. The van der Waals surface area contributed by atoms with E-state index in [4.69, 9.17) is 0 Å². The Hall–Kier alpha value is -1.88. The van der Waals surface area contributed by atoms with Crippen LogP contribution in [-0.4, -0.2) is 35.1 Å². The van der Waals surface area contributed by atoms with E-state index >= 15 is 0 Å². The third-order valence-corrected chi connectivity index (χ3v) is 4.78. The summed E-state index contributed by atoms with van der Waals surface area (Å²) in [5.74, 6) is -0.172. The number of hydrogen-bond donors (Lipinski definition) is 3. The van der Waals surface area contributed by atoms with E-state index in [0.717, 1.165) is 31.2 Å². The first-order chi connectivity index (χ1) is 11.9. The summed E-state index contributed by atoms with van der Waals surface area (Å²) in [4.78, 5) is 25.3. The van der Waals surface area contributed by atoms with E-state index in [1.165, 1.54) is 0 Å². The Bertz CT molecular complexity index is 600. The molecule has 5 nitrogen and oxygen atoms in total. The first-order valence-electron chi connectivity index (χ1n) is 9.23. The van der Waals surface area contributed by atoms with Gasteiger partial charge in [-0.3, -0.25) is 9.59 Å². The second-order valence-corrected chi connectivity index (χ2v) is 7.44. The molecule has 0 aliphatic heterocycles. The molecule has 3 unspecified atom stereocenters. The van der Waals surface area contributed by atoms with Crippen LogP contribution in [0.3, 0.4) is 0 Å². The normalized spacial score (nSPS) is 21.6. The van der Waals surface area contributed by atoms with Crippen molar-refractivity contribution >= 4 is 11.8 Å². The molecule has 0 aromatic heterocycles. The lowest BCUT2D eigenvalue weighted by molar-refractivity contribution is -0.125. The summed E-state index contributed by atoms with van der Waals surface area (Å²) in [6, 6.07) is 6.53. The highest BCUT2D eigenvalue weighted by atomic mass is 16.3. The SMILES string of the molecule is Cc1ccccc1C(=O)NC(CC(C)C)C(=O)NC1CCCCC1O. The average Bonchev–Trinajstić information content (AvgIpc) is 2.56. The molecule has 0 bridgehead atoms. The Morgan fingerprint density at radius 1 is 1.20 bits per heavy atom. The maximum absolute atomic E-state index is 12.7. The number of benzene rings is 1. The molecular weight excluding hydrogens is 316 g/mol. The number of hydrogen-bond acceptors (Lipinski definition) is 3. The van der Waals surface area contributed by atoms with Gasteiger partial charge in [0.05, 0.1) is 12.1 Å². The van der Waals surface area contributed by atoms with Gasteiger partial charge in [-0.15, -0.1) is 0 Å². The van der Waals surface area contributed by atoms with E-state index in [0.29, 0.717) is 12.0 Å². The lowest BCUT2D eigenvalue weighted by atomic mass is 9.92. The zero-order valence-corrected chi connectivity index (χ0v) is 15.4. The van der Waals surface area contributed by atoms with E-state index in [1.54, 1.807) is 6.07 Å². The number of nitrogens with one attached hydrogen (secondary N) is 2. The molecule has 0 spiro atoms. The Kier molecular flexibility index (Phi) is 7.00. The quantitative estimate of drug-likeness (QED) is 0.741. The van der Waals surface area contributed by atoms with Gasteiger partial charge in [-0.25, -0.2) is 0 Å². The molecule has 3 atom stereocenters.